The number of para-hydroxylation sites is 1. The molecule has 1 atom stereocenters. The van der Waals surface area contributed by atoms with Crippen LogP contribution in [0.15, 0.2) is 59.6 Å². The Kier molecular flexibility index (Phi) is 4.87. The Morgan fingerprint density at radius 2 is 1.85 bits per heavy atom. The lowest BCUT2D eigenvalue weighted by molar-refractivity contribution is -0.126. The Balaban J connectivity index is 1.24. The largest absolute Gasteiger partial charge is 0.368 e. The molecule has 2 amide bonds. The van der Waals surface area contributed by atoms with E-state index in [0.717, 1.165) is 17.1 Å². The van der Waals surface area contributed by atoms with Crippen LogP contribution in [0.1, 0.15) is 17.5 Å². The quantitative estimate of drug-likeness (QED) is 0.795. The standard InChI is InChI=1S/C21H22N4O2/c26-19-12-16(14-25(19)17-7-2-1-3-8-17)21(27)23-11-10-22-20-18-9-5-4-6-15(18)13-24-20/h1-9,16H,10-14H2,(H,22,24)(H,23,27). The van der Waals surface area contributed by atoms with Gasteiger partial charge < -0.3 is 15.5 Å². The van der Waals surface area contributed by atoms with Crippen LogP contribution in [-0.2, 0) is 16.1 Å². The predicted molar refractivity (Wildman–Crippen MR) is 105 cm³/mol. The van der Waals surface area contributed by atoms with Crippen LogP contribution in [0.5, 0.6) is 0 Å². The zero-order valence-electron chi connectivity index (χ0n) is 15.0. The third-order valence-electron chi connectivity index (χ3n) is 4.96. The second-order valence-electron chi connectivity index (χ2n) is 6.78. The Bertz CT molecular complexity index is 879. The molecule has 2 aromatic rings. The van der Waals surface area contributed by atoms with E-state index in [2.05, 4.69) is 27.8 Å². The van der Waals surface area contributed by atoms with E-state index in [9.17, 15) is 9.59 Å². The SMILES string of the molecule is O=C(NCCNC1=NCc2ccccc21)C1CC(=O)N(c2ccccc2)C1. The van der Waals surface area contributed by atoms with Gasteiger partial charge in [0, 0.05) is 37.3 Å². The summed E-state index contributed by atoms with van der Waals surface area (Å²) >= 11 is 0. The number of aliphatic imine (C=N–C) groups is 1. The van der Waals surface area contributed by atoms with E-state index in [-0.39, 0.29) is 24.2 Å². The van der Waals surface area contributed by atoms with Gasteiger partial charge in [-0.2, -0.15) is 0 Å². The molecule has 0 bridgehead atoms. The summed E-state index contributed by atoms with van der Waals surface area (Å²) in [5.41, 5.74) is 3.19. The second-order valence-corrected chi connectivity index (χ2v) is 6.78. The number of anilines is 1. The molecule has 27 heavy (non-hydrogen) atoms. The summed E-state index contributed by atoms with van der Waals surface area (Å²) in [6, 6.07) is 17.6. The molecule has 6 heteroatoms. The molecule has 0 radical (unpaired) electrons. The molecule has 4 rings (SSSR count). The zero-order valence-corrected chi connectivity index (χ0v) is 15.0. The first-order chi connectivity index (χ1) is 13.2. The topological polar surface area (TPSA) is 73.8 Å². The summed E-state index contributed by atoms with van der Waals surface area (Å²) in [6.45, 7) is 2.23. The van der Waals surface area contributed by atoms with Crippen LogP contribution in [-0.4, -0.2) is 37.3 Å². The van der Waals surface area contributed by atoms with Crippen molar-refractivity contribution in [2.75, 3.05) is 24.5 Å². The van der Waals surface area contributed by atoms with Crippen LogP contribution in [0.25, 0.3) is 0 Å². The minimum absolute atomic E-state index is 0.00334. The molecule has 1 unspecified atom stereocenters. The fourth-order valence-corrected chi connectivity index (χ4v) is 3.54. The first kappa shape index (κ1) is 17.3. The Morgan fingerprint density at radius 1 is 1.07 bits per heavy atom. The number of amides is 2. The van der Waals surface area contributed by atoms with Gasteiger partial charge in [-0.1, -0.05) is 42.5 Å². The number of nitrogens with one attached hydrogen (secondary N) is 2. The molecule has 0 aromatic heterocycles. The summed E-state index contributed by atoms with van der Waals surface area (Å²) in [4.78, 5) is 30.8. The maximum absolute atomic E-state index is 12.4. The van der Waals surface area contributed by atoms with Crippen molar-refractivity contribution in [2.45, 2.75) is 13.0 Å². The van der Waals surface area contributed by atoms with Gasteiger partial charge in [-0.3, -0.25) is 14.6 Å². The van der Waals surface area contributed by atoms with E-state index in [1.807, 2.05) is 42.5 Å². The van der Waals surface area contributed by atoms with Crippen molar-refractivity contribution in [1.29, 1.82) is 0 Å². The number of hydrogen-bond donors (Lipinski definition) is 2. The van der Waals surface area contributed by atoms with E-state index in [1.165, 1.54) is 5.56 Å². The minimum Gasteiger partial charge on any atom is -0.368 e. The fourth-order valence-electron chi connectivity index (χ4n) is 3.54. The summed E-state index contributed by atoms with van der Waals surface area (Å²) in [5.74, 6) is 0.502. The number of carbonyl (C=O) groups excluding carboxylic acids is 2. The third-order valence-corrected chi connectivity index (χ3v) is 4.96. The van der Waals surface area contributed by atoms with Crippen LogP contribution in [0.2, 0.25) is 0 Å². The Morgan fingerprint density at radius 3 is 2.70 bits per heavy atom. The summed E-state index contributed by atoms with van der Waals surface area (Å²) in [6.07, 6.45) is 0.258. The monoisotopic (exact) mass is 362 g/mol. The fraction of sp³-hybridized carbons (Fsp3) is 0.286. The molecule has 1 fully saturated rings. The number of nitrogens with zero attached hydrogens (tertiary/aromatic N) is 2. The van der Waals surface area contributed by atoms with E-state index in [1.54, 1.807) is 4.90 Å². The number of rotatable bonds is 5. The highest BCUT2D eigenvalue weighted by Crippen LogP contribution is 2.24. The van der Waals surface area contributed by atoms with Gasteiger partial charge in [-0.25, -0.2) is 0 Å². The van der Waals surface area contributed by atoms with Crippen LogP contribution in [0.4, 0.5) is 5.69 Å². The molecule has 2 aromatic carbocycles. The zero-order chi connectivity index (χ0) is 18.6. The van der Waals surface area contributed by atoms with Crippen molar-refractivity contribution in [2.24, 2.45) is 10.9 Å². The van der Waals surface area contributed by atoms with Crippen LogP contribution in [0, 0.1) is 5.92 Å². The van der Waals surface area contributed by atoms with Gasteiger partial charge in [-0.15, -0.1) is 0 Å². The number of amidine groups is 1. The Labute approximate surface area is 158 Å². The van der Waals surface area contributed by atoms with E-state index in [0.29, 0.717) is 26.2 Å². The molecule has 6 nitrogen and oxygen atoms in total. The number of carbonyl (C=O) groups is 2. The highest BCUT2D eigenvalue weighted by Gasteiger charge is 2.34. The Hall–Kier alpha value is -3.15. The second kappa shape index (κ2) is 7.61. The van der Waals surface area contributed by atoms with Gasteiger partial charge in [0.1, 0.15) is 5.84 Å². The normalized spacial score (nSPS) is 18.2. The lowest BCUT2D eigenvalue weighted by atomic mass is 10.1. The molecule has 0 aliphatic carbocycles. The minimum atomic E-state index is -0.303. The molecular formula is C21H22N4O2. The van der Waals surface area contributed by atoms with Gasteiger partial charge in [0.15, 0.2) is 0 Å². The first-order valence-corrected chi connectivity index (χ1v) is 9.22. The average Bonchev–Trinajstić information content (AvgIpc) is 3.29. The molecule has 2 aliphatic heterocycles. The van der Waals surface area contributed by atoms with Gasteiger partial charge in [0.05, 0.1) is 12.5 Å². The summed E-state index contributed by atoms with van der Waals surface area (Å²) in [5, 5.41) is 6.21. The summed E-state index contributed by atoms with van der Waals surface area (Å²) in [7, 11) is 0. The number of benzene rings is 2. The lowest BCUT2D eigenvalue weighted by Crippen LogP contribution is -2.38. The highest BCUT2D eigenvalue weighted by atomic mass is 16.2. The maximum Gasteiger partial charge on any atom is 0.227 e. The highest BCUT2D eigenvalue weighted by molar-refractivity contribution is 6.02. The van der Waals surface area contributed by atoms with Crippen molar-refractivity contribution < 1.29 is 9.59 Å². The molecule has 1 saturated heterocycles. The molecule has 138 valence electrons. The van der Waals surface area contributed by atoms with Crippen LogP contribution < -0.4 is 15.5 Å². The smallest absolute Gasteiger partial charge is 0.227 e. The predicted octanol–water partition coefficient (Wildman–Crippen LogP) is 1.71. The molecule has 0 saturated carbocycles. The van der Waals surface area contributed by atoms with Crippen molar-refractivity contribution in [3.8, 4) is 0 Å². The van der Waals surface area contributed by atoms with Crippen molar-refractivity contribution >= 4 is 23.3 Å². The van der Waals surface area contributed by atoms with Gasteiger partial charge in [-0.05, 0) is 17.7 Å². The van der Waals surface area contributed by atoms with Crippen LogP contribution in [0.3, 0.4) is 0 Å². The number of hydrogen-bond acceptors (Lipinski definition) is 4. The first-order valence-electron chi connectivity index (χ1n) is 9.22. The third kappa shape index (κ3) is 3.69. The van der Waals surface area contributed by atoms with Crippen molar-refractivity contribution in [1.82, 2.24) is 10.6 Å². The van der Waals surface area contributed by atoms with E-state index >= 15 is 0 Å². The van der Waals surface area contributed by atoms with Gasteiger partial charge in [0.25, 0.3) is 0 Å². The lowest BCUT2D eigenvalue weighted by Gasteiger charge is -2.16. The molecule has 0 spiro atoms. The molecule has 2 N–H and O–H groups in total. The van der Waals surface area contributed by atoms with E-state index in [4.69, 9.17) is 0 Å². The van der Waals surface area contributed by atoms with Crippen molar-refractivity contribution in [3.05, 3.63) is 65.7 Å². The van der Waals surface area contributed by atoms with Crippen LogP contribution >= 0.6 is 0 Å². The number of fused-ring (bicyclic) bond motifs is 1. The average molecular weight is 362 g/mol. The van der Waals surface area contributed by atoms with E-state index < -0.39 is 0 Å². The van der Waals surface area contributed by atoms with Gasteiger partial charge >= 0.3 is 0 Å². The molecule has 2 heterocycles. The summed E-state index contributed by atoms with van der Waals surface area (Å²) < 4.78 is 0. The maximum atomic E-state index is 12.4. The van der Waals surface area contributed by atoms with Gasteiger partial charge in [0.2, 0.25) is 11.8 Å². The molecule has 2 aliphatic rings. The van der Waals surface area contributed by atoms with Crippen molar-refractivity contribution in [3.63, 3.8) is 0 Å². The molecular weight excluding hydrogens is 340 g/mol.